The van der Waals surface area contributed by atoms with E-state index in [0.29, 0.717) is 12.8 Å². The van der Waals surface area contributed by atoms with Gasteiger partial charge in [0.2, 0.25) is 0 Å². The van der Waals surface area contributed by atoms with Gasteiger partial charge in [-0.15, -0.1) is 0 Å². The van der Waals surface area contributed by atoms with E-state index in [9.17, 15) is 19.8 Å². The molecular formula is C24H41NO7. The van der Waals surface area contributed by atoms with Crippen LogP contribution in [0.3, 0.4) is 0 Å². The third-order valence-electron chi connectivity index (χ3n) is 6.75. The molecule has 8 heteroatoms. The van der Waals surface area contributed by atoms with Gasteiger partial charge in [0, 0.05) is 17.9 Å². The topological polar surface area (TPSA) is 114 Å². The maximum atomic E-state index is 13.1. The van der Waals surface area contributed by atoms with E-state index < -0.39 is 42.6 Å². The highest BCUT2D eigenvalue weighted by molar-refractivity contribution is 5.91. The summed E-state index contributed by atoms with van der Waals surface area (Å²) in [5.41, 5.74) is 0. The van der Waals surface area contributed by atoms with Gasteiger partial charge in [0.25, 0.3) is 0 Å². The Hall–Kier alpha value is -1.32. The summed E-state index contributed by atoms with van der Waals surface area (Å²) in [6.45, 7) is 10.8. The van der Waals surface area contributed by atoms with Gasteiger partial charge in [0.1, 0.15) is 12.2 Å². The summed E-state index contributed by atoms with van der Waals surface area (Å²) < 4.78 is 17.8. The maximum Gasteiger partial charge on any atom is 0.311 e. The number of ketones is 1. The zero-order valence-electron chi connectivity index (χ0n) is 20.4. The normalized spacial score (nSPS) is 43.2. The SMILES string of the molecule is CN[C@H]1C[C@@H](C)O[C@@H](O[C@H]2[C@@H](C)C[C@@H](C)C(=O)C=C[C@@H](C)[C@@H]([C@@H](C)O)OC(=O)[C@@H]2C)[C@@H]1O. The van der Waals surface area contributed by atoms with Crippen molar-refractivity contribution in [1.82, 2.24) is 5.32 Å². The fourth-order valence-corrected chi connectivity index (χ4v) is 4.70. The van der Waals surface area contributed by atoms with Crippen LogP contribution in [-0.4, -0.2) is 71.9 Å². The van der Waals surface area contributed by atoms with Gasteiger partial charge >= 0.3 is 5.97 Å². The molecule has 2 aliphatic rings. The molecule has 1 fully saturated rings. The number of ether oxygens (including phenoxy) is 3. The average molecular weight is 456 g/mol. The van der Waals surface area contributed by atoms with Gasteiger partial charge in [-0.2, -0.15) is 0 Å². The van der Waals surface area contributed by atoms with Crippen molar-refractivity contribution >= 4 is 11.8 Å². The Morgan fingerprint density at radius 3 is 2.41 bits per heavy atom. The highest BCUT2D eigenvalue weighted by Crippen LogP contribution is 2.31. The number of nitrogens with one attached hydrogen (secondary N) is 1. The van der Waals surface area contributed by atoms with Crippen LogP contribution in [0.1, 0.15) is 54.4 Å². The number of hydrogen-bond acceptors (Lipinski definition) is 8. The summed E-state index contributed by atoms with van der Waals surface area (Å²) in [7, 11) is 1.78. The second-order valence-corrected chi connectivity index (χ2v) is 9.70. The van der Waals surface area contributed by atoms with Gasteiger partial charge in [-0.1, -0.05) is 26.8 Å². The molecule has 0 aromatic heterocycles. The number of likely N-dealkylation sites (N-methyl/N-ethyl adjacent to an activating group) is 1. The van der Waals surface area contributed by atoms with E-state index in [1.54, 1.807) is 33.9 Å². The molecule has 2 rings (SSSR count). The molecule has 0 aromatic carbocycles. The number of rotatable bonds is 4. The van der Waals surface area contributed by atoms with E-state index >= 15 is 0 Å². The zero-order chi connectivity index (χ0) is 24.2. The Morgan fingerprint density at radius 1 is 1.16 bits per heavy atom. The lowest BCUT2D eigenvalue weighted by Crippen LogP contribution is -2.55. The first-order valence-corrected chi connectivity index (χ1v) is 11.7. The maximum absolute atomic E-state index is 13.1. The molecule has 0 unspecified atom stereocenters. The zero-order valence-corrected chi connectivity index (χ0v) is 20.4. The molecule has 0 radical (unpaired) electrons. The van der Waals surface area contributed by atoms with Gasteiger partial charge in [0.05, 0.1) is 24.2 Å². The van der Waals surface area contributed by atoms with E-state index in [1.165, 1.54) is 6.08 Å². The van der Waals surface area contributed by atoms with Crippen molar-refractivity contribution in [2.45, 2.75) is 97.2 Å². The number of carbonyl (C=O) groups is 2. The highest BCUT2D eigenvalue weighted by Gasteiger charge is 2.42. The molecule has 2 aliphatic heterocycles. The van der Waals surface area contributed by atoms with Gasteiger partial charge in [-0.3, -0.25) is 9.59 Å². The van der Waals surface area contributed by atoms with Crippen LogP contribution in [0.4, 0.5) is 0 Å². The summed E-state index contributed by atoms with van der Waals surface area (Å²) in [4.78, 5) is 25.7. The molecule has 32 heavy (non-hydrogen) atoms. The molecule has 0 aliphatic carbocycles. The molecule has 0 bridgehead atoms. The number of allylic oxidation sites excluding steroid dienone is 1. The fraction of sp³-hybridized carbons (Fsp3) is 0.833. The Labute approximate surface area is 191 Å². The van der Waals surface area contributed by atoms with Crippen LogP contribution in [0.2, 0.25) is 0 Å². The molecule has 0 spiro atoms. The molecule has 3 N–H and O–H groups in total. The quantitative estimate of drug-likeness (QED) is 0.550. The van der Waals surface area contributed by atoms with Crippen molar-refractivity contribution in [3.05, 3.63) is 12.2 Å². The van der Waals surface area contributed by atoms with Crippen LogP contribution in [0.5, 0.6) is 0 Å². The predicted octanol–water partition coefficient (Wildman–Crippen LogP) is 1.82. The van der Waals surface area contributed by atoms with Crippen LogP contribution in [0, 0.1) is 23.7 Å². The minimum absolute atomic E-state index is 0.0239. The summed E-state index contributed by atoms with van der Waals surface area (Å²) >= 11 is 0. The first kappa shape index (κ1) is 26.9. The van der Waals surface area contributed by atoms with E-state index in [4.69, 9.17) is 14.2 Å². The first-order valence-electron chi connectivity index (χ1n) is 11.7. The minimum Gasteiger partial charge on any atom is -0.459 e. The summed E-state index contributed by atoms with van der Waals surface area (Å²) in [5, 5.41) is 24.0. The Bertz CT molecular complexity index is 667. The van der Waals surface area contributed by atoms with Crippen LogP contribution >= 0.6 is 0 Å². The van der Waals surface area contributed by atoms with Gasteiger partial charge in [-0.05, 0) is 52.7 Å². The van der Waals surface area contributed by atoms with Crippen LogP contribution in [0.25, 0.3) is 0 Å². The Morgan fingerprint density at radius 2 is 1.81 bits per heavy atom. The standard InChI is InChI=1S/C24H41NO7/c1-12-8-9-19(27)13(2)10-14(3)21(16(5)23(29)31-22(12)17(6)26)32-24-20(28)18(25-7)11-15(4)30-24/h8-9,12-18,20-22,24-26,28H,10-11H2,1-7H3/t12-,13-,14+,15-,16-,17-,18+,20-,21+,22+,24+/m1/s1. The lowest BCUT2D eigenvalue weighted by molar-refractivity contribution is -0.272. The second-order valence-electron chi connectivity index (χ2n) is 9.70. The van der Waals surface area contributed by atoms with E-state index in [-0.39, 0.29) is 35.7 Å². The predicted molar refractivity (Wildman–Crippen MR) is 120 cm³/mol. The highest BCUT2D eigenvalue weighted by atomic mass is 16.7. The van der Waals surface area contributed by atoms with Crippen molar-refractivity contribution in [2.75, 3.05) is 7.05 Å². The second kappa shape index (κ2) is 11.7. The smallest absolute Gasteiger partial charge is 0.311 e. The molecule has 8 nitrogen and oxygen atoms in total. The Kier molecular flexibility index (Phi) is 9.85. The van der Waals surface area contributed by atoms with Gasteiger partial charge in [0.15, 0.2) is 12.1 Å². The van der Waals surface area contributed by atoms with Gasteiger partial charge < -0.3 is 29.7 Å². The fourth-order valence-electron chi connectivity index (χ4n) is 4.70. The molecule has 2 heterocycles. The number of cyclic esters (lactones) is 1. The number of aliphatic hydroxyl groups is 2. The molecule has 0 saturated carbocycles. The third-order valence-corrected chi connectivity index (χ3v) is 6.75. The Balaban J connectivity index is 2.34. The largest absolute Gasteiger partial charge is 0.459 e. The number of carbonyl (C=O) groups excluding carboxylic acids is 2. The lowest BCUT2D eigenvalue weighted by Gasteiger charge is -2.41. The number of esters is 1. The van der Waals surface area contributed by atoms with Crippen molar-refractivity contribution in [1.29, 1.82) is 0 Å². The number of hydrogen-bond donors (Lipinski definition) is 3. The summed E-state index contributed by atoms with van der Waals surface area (Å²) in [5.74, 6) is -1.99. The van der Waals surface area contributed by atoms with Crippen LogP contribution < -0.4 is 5.32 Å². The third kappa shape index (κ3) is 6.60. The molecular weight excluding hydrogens is 414 g/mol. The summed E-state index contributed by atoms with van der Waals surface area (Å²) in [6, 6.07) is -0.196. The molecule has 184 valence electrons. The van der Waals surface area contributed by atoms with Crippen molar-refractivity contribution in [3.8, 4) is 0 Å². The molecule has 1 saturated heterocycles. The van der Waals surface area contributed by atoms with Crippen molar-refractivity contribution in [3.63, 3.8) is 0 Å². The minimum atomic E-state index is -0.913. The van der Waals surface area contributed by atoms with E-state index in [1.807, 2.05) is 20.8 Å². The first-order chi connectivity index (χ1) is 15.0. The van der Waals surface area contributed by atoms with Crippen molar-refractivity contribution in [2.24, 2.45) is 23.7 Å². The van der Waals surface area contributed by atoms with E-state index in [0.717, 1.165) is 0 Å². The van der Waals surface area contributed by atoms with Crippen molar-refractivity contribution < 1.29 is 34.0 Å². The molecule has 0 aromatic rings. The molecule has 11 atom stereocenters. The number of aliphatic hydroxyl groups excluding tert-OH is 2. The monoisotopic (exact) mass is 455 g/mol. The lowest BCUT2D eigenvalue weighted by atomic mass is 9.84. The van der Waals surface area contributed by atoms with Crippen LogP contribution in [0.15, 0.2) is 12.2 Å². The van der Waals surface area contributed by atoms with Gasteiger partial charge in [-0.25, -0.2) is 0 Å². The molecule has 0 amide bonds. The van der Waals surface area contributed by atoms with Crippen LogP contribution in [-0.2, 0) is 23.8 Å². The summed E-state index contributed by atoms with van der Waals surface area (Å²) in [6.07, 6.45) is 0.0750. The van der Waals surface area contributed by atoms with E-state index in [2.05, 4.69) is 5.32 Å². The average Bonchev–Trinajstić information content (AvgIpc) is 2.73.